The summed E-state index contributed by atoms with van der Waals surface area (Å²) in [7, 11) is 3.30. The summed E-state index contributed by atoms with van der Waals surface area (Å²) in [5.74, 6) is 0.827. The normalized spacial score (nSPS) is 10.3. The van der Waals surface area contributed by atoms with Crippen LogP contribution in [0.5, 0.6) is 5.75 Å². The second-order valence-corrected chi connectivity index (χ2v) is 4.21. The molecule has 0 saturated carbocycles. The zero-order valence-electron chi connectivity index (χ0n) is 10.7. The molecule has 0 atom stereocenters. The molecule has 1 aromatic heterocycles. The van der Waals surface area contributed by atoms with Crippen LogP contribution >= 0.6 is 0 Å². The molecular formula is C14H14FNO3. The zero-order chi connectivity index (χ0) is 13.8. The highest BCUT2D eigenvalue weighted by Gasteiger charge is 2.13. The van der Waals surface area contributed by atoms with E-state index in [1.807, 2.05) is 0 Å². The van der Waals surface area contributed by atoms with Gasteiger partial charge in [-0.3, -0.25) is 4.79 Å². The SMILES string of the molecule is CN(C)C(=O)c1ccc(COc2ccc(F)cc2)o1. The number of halogens is 1. The van der Waals surface area contributed by atoms with Gasteiger partial charge in [0.1, 0.15) is 23.9 Å². The number of carbonyl (C=O) groups excluding carboxylic acids is 1. The average molecular weight is 263 g/mol. The summed E-state index contributed by atoms with van der Waals surface area (Å²) in [4.78, 5) is 13.1. The van der Waals surface area contributed by atoms with Crippen LogP contribution in [0.3, 0.4) is 0 Å². The standard InChI is InChI=1S/C14H14FNO3/c1-16(2)14(17)13-8-7-12(19-13)9-18-11-5-3-10(15)4-6-11/h3-8H,9H2,1-2H3. The highest BCUT2D eigenvalue weighted by molar-refractivity contribution is 5.91. The van der Waals surface area contributed by atoms with Crippen LogP contribution in [0.25, 0.3) is 0 Å². The Hall–Kier alpha value is -2.30. The fourth-order valence-electron chi connectivity index (χ4n) is 1.48. The number of benzene rings is 1. The molecule has 0 radical (unpaired) electrons. The maximum absolute atomic E-state index is 12.7. The molecule has 1 heterocycles. The summed E-state index contributed by atoms with van der Waals surface area (Å²) >= 11 is 0. The second kappa shape index (κ2) is 5.56. The van der Waals surface area contributed by atoms with E-state index in [9.17, 15) is 9.18 Å². The van der Waals surface area contributed by atoms with E-state index in [2.05, 4.69) is 0 Å². The van der Waals surface area contributed by atoms with Crippen molar-refractivity contribution in [2.45, 2.75) is 6.61 Å². The molecular weight excluding hydrogens is 249 g/mol. The van der Waals surface area contributed by atoms with E-state index < -0.39 is 0 Å². The van der Waals surface area contributed by atoms with Gasteiger partial charge in [0.05, 0.1) is 0 Å². The van der Waals surface area contributed by atoms with Crippen LogP contribution in [0.4, 0.5) is 4.39 Å². The van der Waals surface area contributed by atoms with Crippen molar-refractivity contribution in [1.29, 1.82) is 0 Å². The van der Waals surface area contributed by atoms with Gasteiger partial charge in [-0.1, -0.05) is 0 Å². The largest absolute Gasteiger partial charge is 0.486 e. The predicted molar refractivity (Wildman–Crippen MR) is 67.5 cm³/mol. The molecule has 2 rings (SSSR count). The molecule has 0 N–H and O–H groups in total. The summed E-state index contributed by atoms with van der Waals surface area (Å²) in [5, 5.41) is 0. The third kappa shape index (κ3) is 3.34. The van der Waals surface area contributed by atoms with Crippen molar-refractivity contribution in [3.05, 3.63) is 53.7 Å². The number of hydrogen-bond donors (Lipinski definition) is 0. The minimum Gasteiger partial charge on any atom is -0.486 e. The fraction of sp³-hybridized carbons (Fsp3) is 0.214. The monoisotopic (exact) mass is 263 g/mol. The van der Waals surface area contributed by atoms with Gasteiger partial charge in [-0.2, -0.15) is 0 Å². The zero-order valence-corrected chi connectivity index (χ0v) is 10.7. The Labute approximate surface area is 110 Å². The van der Waals surface area contributed by atoms with Crippen molar-refractivity contribution < 1.29 is 18.3 Å². The minimum atomic E-state index is -0.316. The summed E-state index contributed by atoms with van der Waals surface area (Å²) < 4.78 is 23.5. The minimum absolute atomic E-state index is 0.187. The lowest BCUT2D eigenvalue weighted by molar-refractivity contribution is 0.0792. The molecule has 0 bridgehead atoms. The lowest BCUT2D eigenvalue weighted by Crippen LogP contribution is -2.20. The maximum Gasteiger partial charge on any atom is 0.289 e. The van der Waals surface area contributed by atoms with Gasteiger partial charge in [0.15, 0.2) is 5.76 Å². The molecule has 0 saturated heterocycles. The van der Waals surface area contributed by atoms with Crippen LogP contribution in [0, 0.1) is 5.82 Å². The Balaban J connectivity index is 1.97. The molecule has 0 fully saturated rings. The molecule has 19 heavy (non-hydrogen) atoms. The molecule has 0 spiro atoms. The topological polar surface area (TPSA) is 42.7 Å². The lowest BCUT2D eigenvalue weighted by atomic mass is 10.3. The van der Waals surface area contributed by atoms with Crippen molar-refractivity contribution in [3.8, 4) is 5.75 Å². The number of carbonyl (C=O) groups is 1. The van der Waals surface area contributed by atoms with Crippen molar-refractivity contribution in [1.82, 2.24) is 4.90 Å². The summed E-state index contributed by atoms with van der Waals surface area (Å²) in [5.41, 5.74) is 0. The average Bonchev–Trinajstić information content (AvgIpc) is 2.86. The van der Waals surface area contributed by atoms with E-state index >= 15 is 0 Å². The lowest BCUT2D eigenvalue weighted by Gasteiger charge is -2.07. The van der Waals surface area contributed by atoms with E-state index in [4.69, 9.17) is 9.15 Å². The highest BCUT2D eigenvalue weighted by atomic mass is 19.1. The van der Waals surface area contributed by atoms with Crippen LogP contribution in [-0.4, -0.2) is 24.9 Å². The molecule has 0 aliphatic rings. The fourth-order valence-corrected chi connectivity index (χ4v) is 1.48. The summed E-state index contributed by atoms with van der Waals surface area (Å²) in [6.07, 6.45) is 0. The molecule has 2 aromatic rings. The van der Waals surface area contributed by atoms with E-state index in [0.717, 1.165) is 0 Å². The van der Waals surface area contributed by atoms with Gasteiger partial charge in [-0.25, -0.2) is 4.39 Å². The molecule has 100 valence electrons. The number of furan rings is 1. The molecule has 0 unspecified atom stereocenters. The molecule has 1 aromatic carbocycles. The van der Waals surface area contributed by atoms with Crippen LogP contribution < -0.4 is 4.74 Å². The van der Waals surface area contributed by atoms with Gasteiger partial charge in [-0.15, -0.1) is 0 Å². The summed E-state index contributed by atoms with van der Waals surface area (Å²) in [6.45, 7) is 0.187. The molecule has 1 amide bonds. The quantitative estimate of drug-likeness (QED) is 0.851. The van der Waals surface area contributed by atoms with Crippen molar-refractivity contribution in [2.75, 3.05) is 14.1 Å². The number of hydrogen-bond acceptors (Lipinski definition) is 3. The van der Waals surface area contributed by atoms with Gasteiger partial charge in [0.25, 0.3) is 5.91 Å². The van der Waals surface area contributed by atoms with Crippen LogP contribution in [0.2, 0.25) is 0 Å². The molecule has 4 nitrogen and oxygen atoms in total. The molecule has 0 aliphatic heterocycles. The number of ether oxygens (including phenoxy) is 1. The van der Waals surface area contributed by atoms with E-state index in [1.165, 1.54) is 29.2 Å². The van der Waals surface area contributed by atoms with Gasteiger partial charge < -0.3 is 14.1 Å². The first-order valence-corrected chi connectivity index (χ1v) is 5.75. The van der Waals surface area contributed by atoms with Gasteiger partial charge >= 0.3 is 0 Å². The van der Waals surface area contributed by atoms with E-state index in [1.54, 1.807) is 26.2 Å². The van der Waals surface area contributed by atoms with Crippen molar-refractivity contribution in [3.63, 3.8) is 0 Å². The van der Waals surface area contributed by atoms with Crippen molar-refractivity contribution >= 4 is 5.91 Å². The van der Waals surface area contributed by atoms with Crippen LogP contribution in [-0.2, 0) is 6.61 Å². The Kier molecular flexibility index (Phi) is 3.85. The first-order valence-electron chi connectivity index (χ1n) is 5.75. The first kappa shape index (κ1) is 13.1. The Morgan fingerprint density at radius 2 is 1.89 bits per heavy atom. The molecule has 0 aliphatic carbocycles. The Bertz CT molecular complexity index is 560. The summed E-state index contributed by atoms with van der Waals surface area (Å²) in [6, 6.07) is 8.98. The van der Waals surface area contributed by atoms with Gasteiger partial charge in [0, 0.05) is 14.1 Å². The van der Waals surface area contributed by atoms with Gasteiger partial charge in [0.2, 0.25) is 0 Å². The van der Waals surface area contributed by atoms with Crippen molar-refractivity contribution in [2.24, 2.45) is 0 Å². The molecule has 5 heteroatoms. The predicted octanol–water partition coefficient (Wildman–Crippen LogP) is 2.70. The Morgan fingerprint density at radius 3 is 2.53 bits per heavy atom. The van der Waals surface area contributed by atoms with Crippen LogP contribution in [0.15, 0.2) is 40.8 Å². The number of amides is 1. The number of nitrogens with zero attached hydrogens (tertiary/aromatic N) is 1. The Morgan fingerprint density at radius 1 is 1.21 bits per heavy atom. The first-order chi connectivity index (χ1) is 9.06. The number of rotatable bonds is 4. The van der Waals surface area contributed by atoms with E-state index in [-0.39, 0.29) is 24.1 Å². The van der Waals surface area contributed by atoms with Crippen LogP contribution in [0.1, 0.15) is 16.3 Å². The smallest absolute Gasteiger partial charge is 0.289 e. The van der Waals surface area contributed by atoms with E-state index in [0.29, 0.717) is 11.5 Å². The highest BCUT2D eigenvalue weighted by Crippen LogP contribution is 2.15. The third-order valence-corrected chi connectivity index (χ3v) is 2.47. The van der Waals surface area contributed by atoms with Gasteiger partial charge in [-0.05, 0) is 36.4 Å². The second-order valence-electron chi connectivity index (χ2n) is 4.21. The maximum atomic E-state index is 12.7. The third-order valence-electron chi connectivity index (χ3n) is 2.47.